The highest BCUT2D eigenvalue weighted by molar-refractivity contribution is 5.90. The number of hydrogen-bond donors (Lipinski definition) is 1. The molecule has 1 N–H and O–H groups in total. The molecule has 5 nitrogen and oxygen atoms in total. The van der Waals surface area contributed by atoms with Crippen LogP contribution in [0.25, 0.3) is 11.4 Å². The Morgan fingerprint density at radius 1 is 1.15 bits per heavy atom. The number of aromatic nitrogens is 2. The lowest BCUT2D eigenvalue weighted by molar-refractivity contribution is -0.116. The normalized spacial score (nSPS) is 10.7. The van der Waals surface area contributed by atoms with Crippen LogP contribution in [0.5, 0.6) is 0 Å². The first-order valence-corrected chi connectivity index (χ1v) is 8.16. The summed E-state index contributed by atoms with van der Waals surface area (Å²) in [5.74, 6) is -0.136. The van der Waals surface area contributed by atoms with E-state index >= 15 is 0 Å². The molecule has 1 amide bonds. The van der Waals surface area contributed by atoms with Crippen LogP contribution in [0.2, 0.25) is 0 Å². The van der Waals surface area contributed by atoms with Crippen LogP contribution in [0.1, 0.15) is 24.3 Å². The Bertz CT molecular complexity index is 907. The minimum Gasteiger partial charge on any atom is -0.339 e. The number of amides is 1. The van der Waals surface area contributed by atoms with Crippen LogP contribution in [-0.2, 0) is 11.2 Å². The minimum absolute atomic E-state index is 0.216. The van der Waals surface area contributed by atoms with Crippen molar-refractivity contribution in [1.82, 2.24) is 10.1 Å². The van der Waals surface area contributed by atoms with Gasteiger partial charge in [0.25, 0.3) is 0 Å². The van der Waals surface area contributed by atoms with Crippen LogP contribution < -0.4 is 5.32 Å². The predicted molar refractivity (Wildman–Crippen MR) is 92.4 cm³/mol. The molecule has 3 aromatic rings. The molecule has 0 spiro atoms. The van der Waals surface area contributed by atoms with Gasteiger partial charge in [-0.05, 0) is 55.3 Å². The zero-order valence-electron chi connectivity index (χ0n) is 14.1. The summed E-state index contributed by atoms with van der Waals surface area (Å²) < 4.78 is 31.5. The quantitative estimate of drug-likeness (QED) is 0.715. The molecule has 0 aliphatic rings. The number of rotatable bonds is 6. The highest BCUT2D eigenvalue weighted by Crippen LogP contribution is 2.17. The summed E-state index contributed by atoms with van der Waals surface area (Å²) in [5.41, 5.74) is 1.60. The van der Waals surface area contributed by atoms with Gasteiger partial charge >= 0.3 is 0 Å². The first-order valence-electron chi connectivity index (χ1n) is 8.16. The van der Waals surface area contributed by atoms with Crippen molar-refractivity contribution in [2.75, 3.05) is 5.32 Å². The molecule has 0 aliphatic heterocycles. The molecule has 0 aliphatic carbocycles. The van der Waals surface area contributed by atoms with Crippen molar-refractivity contribution in [1.29, 1.82) is 0 Å². The fourth-order valence-electron chi connectivity index (χ4n) is 2.37. The van der Waals surface area contributed by atoms with Gasteiger partial charge in [-0.15, -0.1) is 0 Å². The van der Waals surface area contributed by atoms with Gasteiger partial charge in [-0.3, -0.25) is 4.79 Å². The summed E-state index contributed by atoms with van der Waals surface area (Å²) in [5, 5.41) is 6.50. The average Bonchev–Trinajstić information content (AvgIpc) is 3.08. The molecular formula is C19H17F2N3O2. The third-order valence-electron chi connectivity index (χ3n) is 3.82. The van der Waals surface area contributed by atoms with Gasteiger partial charge in [-0.2, -0.15) is 4.98 Å². The molecule has 26 heavy (non-hydrogen) atoms. The van der Waals surface area contributed by atoms with Crippen molar-refractivity contribution in [2.24, 2.45) is 0 Å². The van der Waals surface area contributed by atoms with Crippen LogP contribution in [-0.4, -0.2) is 16.0 Å². The maximum atomic E-state index is 13.5. The Hall–Kier alpha value is -3.09. The Balaban J connectivity index is 1.49. The monoisotopic (exact) mass is 357 g/mol. The molecule has 0 fully saturated rings. The van der Waals surface area contributed by atoms with E-state index in [0.717, 1.165) is 0 Å². The summed E-state index contributed by atoms with van der Waals surface area (Å²) in [6.45, 7) is 1.66. The average molecular weight is 357 g/mol. The van der Waals surface area contributed by atoms with E-state index in [2.05, 4.69) is 15.5 Å². The highest BCUT2D eigenvalue weighted by Gasteiger charge is 2.10. The lowest BCUT2D eigenvalue weighted by Crippen LogP contribution is -2.11. The molecular weight excluding hydrogens is 340 g/mol. The van der Waals surface area contributed by atoms with Crippen molar-refractivity contribution in [3.8, 4) is 11.4 Å². The van der Waals surface area contributed by atoms with Crippen molar-refractivity contribution in [3.63, 3.8) is 0 Å². The van der Waals surface area contributed by atoms with Crippen molar-refractivity contribution in [3.05, 3.63) is 65.6 Å². The molecule has 134 valence electrons. The minimum atomic E-state index is -0.359. The molecule has 1 heterocycles. The van der Waals surface area contributed by atoms with Crippen LogP contribution in [0.3, 0.4) is 0 Å². The van der Waals surface area contributed by atoms with Crippen molar-refractivity contribution >= 4 is 11.6 Å². The van der Waals surface area contributed by atoms with Crippen molar-refractivity contribution in [2.45, 2.75) is 26.2 Å². The van der Waals surface area contributed by atoms with Crippen LogP contribution >= 0.6 is 0 Å². The molecule has 3 rings (SSSR count). The summed E-state index contributed by atoms with van der Waals surface area (Å²) in [6, 6.07) is 10.3. The Morgan fingerprint density at radius 2 is 1.92 bits per heavy atom. The number of nitrogens with zero attached hydrogens (tertiary/aromatic N) is 2. The fourth-order valence-corrected chi connectivity index (χ4v) is 2.37. The highest BCUT2D eigenvalue weighted by atomic mass is 19.1. The van der Waals surface area contributed by atoms with Crippen LogP contribution in [0.4, 0.5) is 14.5 Å². The number of benzene rings is 2. The Morgan fingerprint density at radius 3 is 2.65 bits per heavy atom. The predicted octanol–water partition coefficient (Wildman–Crippen LogP) is 4.28. The first-order chi connectivity index (χ1) is 12.5. The zero-order valence-corrected chi connectivity index (χ0v) is 14.1. The van der Waals surface area contributed by atoms with E-state index in [1.807, 2.05) is 0 Å². The second-order valence-electron chi connectivity index (χ2n) is 5.88. The lowest BCUT2D eigenvalue weighted by Gasteiger charge is -2.05. The first kappa shape index (κ1) is 17.7. The van der Waals surface area contributed by atoms with Crippen LogP contribution in [0.15, 0.2) is 47.0 Å². The van der Waals surface area contributed by atoms with Crippen molar-refractivity contribution < 1.29 is 18.1 Å². The SMILES string of the molecule is Cc1ccc(NC(=O)CCCc2nc(-c3ccc(F)cc3)no2)cc1F. The van der Waals surface area contributed by atoms with E-state index in [1.165, 1.54) is 18.2 Å². The van der Waals surface area contributed by atoms with E-state index in [1.54, 1.807) is 31.2 Å². The molecule has 0 unspecified atom stereocenters. The number of halogens is 2. The van der Waals surface area contributed by atoms with Gasteiger partial charge in [0.15, 0.2) is 0 Å². The molecule has 1 aromatic heterocycles. The largest absolute Gasteiger partial charge is 0.339 e. The summed E-state index contributed by atoms with van der Waals surface area (Å²) in [4.78, 5) is 16.2. The maximum absolute atomic E-state index is 13.5. The van der Waals surface area contributed by atoms with Gasteiger partial charge in [0.1, 0.15) is 11.6 Å². The van der Waals surface area contributed by atoms with E-state index in [-0.39, 0.29) is 24.0 Å². The lowest BCUT2D eigenvalue weighted by atomic mass is 10.2. The molecule has 7 heteroatoms. The summed E-state index contributed by atoms with van der Waals surface area (Å²) >= 11 is 0. The number of aryl methyl sites for hydroxylation is 2. The number of hydrogen-bond acceptors (Lipinski definition) is 4. The fraction of sp³-hybridized carbons (Fsp3) is 0.211. The second-order valence-corrected chi connectivity index (χ2v) is 5.88. The third kappa shape index (κ3) is 4.50. The standard InChI is InChI=1S/C19H17F2N3O2/c1-12-5-10-15(11-16(12)21)22-17(25)3-2-4-18-23-19(24-26-18)13-6-8-14(20)9-7-13/h5-11H,2-4H2,1H3,(H,22,25). The molecule has 0 atom stereocenters. The number of carbonyl (C=O) groups excluding carboxylic acids is 1. The van der Waals surface area contributed by atoms with Gasteiger partial charge in [0, 0.05) is 24.1 Å². The second kappa shape index (κ2) is 7.86. The topological polar surface area (TPSA) is 68.0 Å². The van der Waals surface area contributed by atoms with Gasteiger partial charge in [-0.25, -0.2) is 8.78 Å². The zero-order chi connectivity index (χ0) is 18.5. The van der Waals surface area contributed by atoms with Gasteiger partial charge < -0.3 is 9.84 Å². The van der Waals surface area contributed by atoms with Crippen LogP contribution in [0, 0.1) is 18.6 Å². The maximum Gasteiger partial charge on any atom is 0.226 e. The molecule has 0 saturated heterocycles. The number of nitrogens with one attached hydrogen (secondary N) is 1. The molecule has 0 saturated carbocycles. The molecule has 2 aromatic carbocycles. The van der Waals surface area contributed by atoms with E-state index < -0.39 is 0 Å². The van der Waals surface area contributed by atoms with E-state index in [0.29, 0.717) is 41.4 Å². The Kier molecular flexibility index (Phi) is 5.36. The van der Waals surface area contributed by atoms with Gasteiger partial charge in [0.2, 0.25) is 17.6 Å². The third-order valence-corrected chi connectivity index (χ3v) is 3.82. The smallest absolute Gasteiger partial charge is 0.226 e. The Labute approximate surface area is 149 Å². The van der Waals surface area contributed by atoms with Gasteiger partial charge in [0.05, 0.1) is 0 Å². The summed E-state index contributed by atoms with van der Waals surface area (Å²) in [7, 11) is 0. The summed E-state index contributed by atoms with van der Waals surface area (Å²) in [6.07, 6.45) is 1.18. The number of carbonyl (C=O) groups is 1. The van der Waals surface area contributed by atoms with E-state index in [4.69, 9.17) is 4.52 Å². The molecule has 0 bridgehead atoms. The molecule has 0 radical (unpaired) electrons. The van der Waals surface area contributed by atoms with Gasteiger partial charge in [-0.1, -0.05) is 11.2 Å². The number of anilines is 1. The van der Waals surface area contributed by atoms with E-state index in [9.17, 15) is 13.6 Å².